The first kappa shape index (κ1) is 17.0. The summed E-state index contributed by atoms with van der Waals surface area (Å²) in [5, 5.41) is 12.0. The predicted molar refractivity (Wildman–Crippen MR) is 93.8 cm³/mol. The average molecular weight is 339 g/mol. The molecule has 1 saturated carbocycles. The van der Waals surface area contributed by atoms with Crippen LogP contribution >= 0.6 is 0 Å². The highest BCUT2D eigenvalue weighted by Gasteiger charge is 2.44. The number of aryl methyl sites for hydroxylation is 1. The summed E-state index contributed by atoms with van der Waals surface area (Å²) in [6, 6.07) is 13.0. The van der Waals surface area contributed by atoms with Crippen LogP contribution in [0.15, 0.2) is 42.5 Å². The minimum Gasteiger partial charge on any atom is -0.496 e. The second-order valence-electron chi connectivity index (χ2n) is 6.36. The van der Waals surface area contributed by atoms with Gasteiger partial charge in [-0.15, -0.1) is 0 Å². The van der Waals surface area contributed by atoms with Crippen LogP contribution in [-0.2, 0) is 11.3 Å². The Bertz CT molecular complexity index is 815. The zero-order chi connectivity index (χ0) is 18.0. The lowest BCUT2D eigenvalue weighted by atomic mass is 10.0. The van der Waals surface area contributed by atoms with Gasteiger partial charge in [-0.1, -0.05) is 30.3 Å². The van der Waals surface area contributed by atoms with Gasteiger partial charge in [-0.25, -0.2) is 4.79 Å². The van der Waals surface area contributed by atoms with Crippen molar-refractivity contribution in [2.75, 3.05) is 7.11 Å². The molecule has 0 spiro atoms. The van der Waals surface area contributed by atoms with Gasteiger partial charge >= 0.3 is 5.97 Å². The summed E-state index contributed by atoms with van der Waals surface area (Å²) in [6.45, 7) is 2.42. The highest BCUT2D eigenvalue weighted by molar-refractivity contribution is 5.91. The lowest BCUT2D eigenvalue weighted by molar-refractivity contribution is -0.122. The molecule has 2 N–H and O–H groups in total. The van der Waals surface area contributed by atoms with E-state index in [9.17, 15) is 9.59 Å². The minimum atomic E-state index is -1.04. The maximum atomic E-state index is 12.4. The second kappa shape index (κ2) is 6.97. The molecule has 1 fully saturated rings. The summed E-state index contributed by atoms with van der Waals surface area (Å²) in [5.41, 5.74) is 3.38. The number of amides is 1. The summed E-state index contributed by atoms with van der Waals surface area (Å²) < 4.78 is 5.11. The first-order valence-electron chi connectivity index (χ1n) is 8.24. The van der Waals surface area contributed by atoms with Gasteiger partial charge in [-0.2, -0.15) is 0 Å². The monoisotopic (exact) mass is 339 g/mol. The third-order valence-electron chi connectivity index (χ3n) is 4.68. The van der Waals surface area contributed by atoms with Crippen LogP contribution in [0.3, 0.4) is 0 Å². The second-order valence-corrected chi connectivity index (χ2v) is 6.36. The molecule has 130 valence electrons. The molecule has 2 aromatic carbocycles. The molecule has 2 unspecified atom stereocenters. The first-order chi connectivity index (χ1) is 12.0. The van der Waals surface area contributed by atoms with Gasteiger partial charge in [-0.3, -0.25) is 4.79 Å². The number of carboxylic acids is 1. The van der Waals surface area contributed by atoms with E-state index in [2.05, 4.69) is 24.4 Å². The van der Waals surface area contributed by atoms with Crippen molar-refractivity contribution in [1.29, 1.82) is 0 Å². The van der Waals surface area contributed by atoms with Crippen LogP contribution in [0.4, 0.5) is 0 Å². The van der Waals surface area contributed by atoms with Gasteiger partial charge in [0.25, 0.3) is 0 Å². The average Bonchev–Trinajstić information content (AvgIpc) is 3.40. The van der Waals surface area contributed by atoms with Crippen LogP contribution in [0.5, 0.6) is 5.75 Å². The predicted octanol–water partition coefficient (Wildman–Crippen LogP) is 3.12. The van der Waals surface area contributed by atoms with E-state index in [0.29, 0.717) is 18.2 Å². The van der Waals surface area contributed by atoms with E-state index in [4.69, 9.17) is 9.84 Å². The van der Waals surface area contributed by atoms with Gasteiger partial charge in [0.1, 0.15) is 11.3 Å². The minimum absolute atomic E-state index is 0.0151. The van der Waals surface area contributed by atoms with E-state index in [0.717, 1.165) is 12.0 Å². The molecule has 0 radical (unpaired) electrons. The molecule has 0 heterocycles. The zero-order valence-electron chi connectivity index (χ0n) is 14.3. The van der Waals surface area contributed by atoms with Gasteiger partial charge in [0.05, 0.1) is 7.11 Å². The van der Waals surface area contributed by atoms with Gasteiger partial charge in [0.2, 0.25) is 5.91 Å². The molecular formula is C20H21NO4. The number of methoxy groups -OCH3 is 1. The Morgan fingerprint density at radius 3 is 2.68 bits per heavy atom. The third-order valence-corrected chi connectivity index (χ3v) is 4.68. The summed E-state index contributed by atoms with van der Waals surface area (Å²) in [6.07, 6.45) is 0.873. The van der Waals surface area contributed by atoms with Crippen LogP contribution in [-0.4, -0.2) is 24.1 Å². The number of carbonyl (C=O) groups is 2. The third kappa shape index (κ3) is 3.65. The van der Waals surface area contributed by atoms with Gasteiger partial charge < -0.3 is 15.2 Å². The lowest BCUT2D eigenvalue weighted by Gasteiger charge is -2.09. The van der Waals surface area contributed by atoms with Gasteiger partial charge in [0.15, 0.2) is 0 Å². The van der Waals surface area contributed by atoms with E-state index in [1.54, 1.807) is 12.1 Å². The van der Waals surface area contributed by atoms with E-state index in [1.807, 2.05) is 12.1 Å². The number of carbonyl (C=O) groups excluding carboxylic acids is 1. The van der Waals surface area contributed by atoms with E-state index in [1.165, 1.54) is 24.3 Å². The summed E-state index contributed by atoms with van der Waals surface area (Å²) in [5.74, 6) is -0.393. The maximum Gasteiger partial charge on any atom is 0.339 e. The van der Waals surface area contributed by atoms with Crippen molar-refractivity contribution in [1.82, 2.24) is 5.32 Å². The SMILES string of the molecule is COc1cc(CNC(=O)C2CC2c2ccccc2C)ccc1C(=O)O. The van der Waals surface area contributed by atoms with Crippen LogP contribution in [0.2, 0.25) is 0 Å². The smallest absolute Gasteiger partial charge is 0.339 e. The fourth-order valence-electron chi connectivity index (χ4n) is 3.17. The molecule has 1 amide bonds. The summed E-state index contributed by atoms with van der Waals surface area (Å²) in [4.78, 5) is 23.5. The molecule has 2 aromatic rings. The van der Waals surface area contributed by atoms with Crippen molar-refractivity contribution in [3.63, 3.8) is 0 Å². The Hall–Kier alpha value is -2.82. The van der Waals surface area contributed by atoms with Crippen molar-refractivity contribution in [3.8, 4) is 5.75 Å². The van der Waals surface area contributed by atoms with E-state index >= 15 is 0 Å². The Morgan fingerprint density at radius 1 is 1.24 bits per heavy atom. The number of aromatic carboxylic acids is 1. The molecule has 25 heavy (non-hydrogen) atoms. The van der Waals surface area contributed by atoms with Gasteiger partial charge in [-0.05, 0) is 48.1 Å². The molecule has 5 nitrogen and oxygen atoms in total. The highest BCUT2D eigenvalue weighted by Crippen LogP contribution is 2.48. The van der Waals surface area contributed by atoms with Crippen molar-refractivity contribution in [2.24, 2.45) is 5.92 Å². The first-order valence-corrected chi connectivity index (χ1v) is 8.24. The molecule has 1 aliphatic carbocycles. The van der Waals surface area contributed by atoms with Crippen molar-refractivity contribution in [3.05, 3.63) is 64.7 Å². The van der Waals surface area contributed by atoms with Crippen molar-refractivity contribution in [2.45, 2.75) is 25.8 Å². The van der Waals surface area contributed by atoms with E-state index < -0.39 is 5.97 Å². The number of hydrogen-bond acceptors (Lipinski definition) is 3. The molecule has 0 aliphatic heterocycles. The summed E-state index contributed by atoms with van der Waals surface area (Å²) >= 11 is 0. The standard InChI is InChI=1S/C20H21NO4/c1-12-5-3-4-6-14(12)16-10-17(16)19(22)21-11-13-7-8-15(20(23)24)18(9-13)25-2/h3-9,16-17H,10-11H2,1-2H3,(H,21,22)(H,23,24). The van der Waals surface area contributed by atoms with Gasteiger partial charge in [0, 0.05) is 12.5 Å². The molecule has 0 bridgehead atoms. The van der Waals surface area contributed by atoms with Crippen LogP contribution in [0.25, 0.3) is 0 Å². The lowest BCUT2D eigenvalue weighted by Crippen LogP contribution is -2.25. The quantitative estimate of drug-likeness (QED) is 0.848. The number of ether oxygens (including phenoxy) is 1. The maximum absolute atomic E-state index is 12.4. The number of carboxylic acid groups (broad SMARTS) is 1. The Labute approximate surface area is 146 Å². The molecule has 3 rings (SSSR count). The molecule has 2 atom stereocenters. The number of nitrogens with one attached hydrogen (secondary N) is 1. The number of benzene rings is 2. The van der Waals surface area contributed by atoms with E-state index in [-0.39, 0.29) is 17.4 Å². The zero-order valence-corrected chi connectivity index (χ0v) is 14.3. The Kier molecular flexibility index (Phi) is 4.74. The van der Waals surface area contributed by atoms with Crippen molar-refractivity contribution < 1.29 is 19.4 Å². The van der Waals surface area contributed by atoms with Crippen LogP contribution in [0.1, 0.15) is 39.4 Å². The number of hydrogen-bond donors (Lipinski definition) is 2. The van der Waals surface area contributed by atoms with Crippen molar-refractivity contribution >= 4 is 11.9 Å². The topological polar surface area (TPSA) is 75.6 Å². The van der Waals surface area contributed by atoms with Crippen LogP contribution < -0.4 is 10.1 Å². The Balaban J connectivity index is 1.60. The molecular weight excluding hydrogens is 318 g/mol. The number of rotatable bonds is 6. The molecule has 0 saturated heterocycles. The van der Waals surface area contributed by atoms with Crippen LogP contribution in [0, 0.1) is 12.8 Å². The molecule has 0 aromatic heterocycles. The fourth-order valence-corrected chi connectivity index (χ4v) is 3.17. The summed E-state index contributed by atoms with van der Waals surface area (Å²) in [7, 11) is 1.43. The normalized spacial score (nSPS) is 18.5. The largest absolute Gasteiger partial charge is 0.496 e. The molecule has 1 aliphatic rings. The molecule has 5 heteroatoms. The Morgan fingerprint density at radius 2 is 2.00 bits per heavy atom. The fraction of sp³-hybridized carbons (Fsp3) is 0.300. The highest BCUT2D eigenvalue weighted by atomic mass is 16.5.